The lowest BCUT2D eigenvalue weighted by Crippen LogP contribution is -1.88. The molecule has 2 rings (SSSR count). The summed E-state index contributed by atoms with van der Waals surface area (Å²) in [7, 11) is 0. The van der Waals surface area contributed by atoms with Crippen LogP contribution in [0, 0.1) is 5.95 Å². The van der Waals surface area contributed by atoms with Gasteiger partial charge in [0.25, 0.3) is 0 Å². The topological polar surface area (TPSA) is 17.3 Å². The van der Waals surface area contributed by atoms with E-state index in [0.717, 1.165) is 0 Å². The molecule has 2 aromatic heterocycles. The zero-order valence-corrected chi connectivity index (χ0v) is 8.92. The zero-order valence-electron chi connectivity index (χ0n) is 8.17. The van der Waals surface area contributed by atoms with Crippen LogP contribution in [0.4, 0.5) is 4.39 Å². The molecule has 0 unspecified atom stereocenters. The van der Waals surface area contributed by atoms with Crippen LogP contribution in [0.2, 0.25) is 0 Å². The molecule has 0 aliphatic carbocycles. The Bertz CT molecular complexity index is 411. The molecule has 0 N–H and O–H groups in total. The van der Waals surface area contributed by atoms with E-state index in [9.17, 15) is 4.39 Å². The van der Waals surface area contributed by atoms with Crippen molar-refractivity contribution in [2.24, 2.45) is 0 Å². The van der Waals surface area contributed by atoms with E-state index < -0.39 is 0 Å². The molecule has 14 heavy (non-hydrogen) atoms. The molecule has 0 atom stereocenters. The van der Waals surface area contributed by atoms with Gasteiger partial charge >= 0.3 is 0 Å². The molecule has 0 saturated heterocycles. The second kappa shape index (κ2) is 4.96. The summed E-state index contributed by atoms with van der Waals surface area (Å²) in [5.74, 6) is -0.0161. The van der Waals surface area contributed by atoms with Crippen molar-refractivity contribution in [2.75, 3.05) is 0 Å². The summed E-state index contributed by atoms with van der Waals surface area (Å²) >= 11 is 5.55. The van der Waals surface area contributed by atoms with Crippen molar-refractivity contribution in [1.29, 1.82) is 0 Å². The van der Waals surface area contributed by atoms with Crippen LogP contribution in [0.15, 0.2) is 24.4 Å². The lowest BCUT2D eigenvalue weighted by atomic mass is 10.5. The highest BCUT2D eigenvalue weighted by Crippen LogP contribution is 2.09. The number of hydrogen-bond acceptors (Lipinski definition) is 1. The molecule has 0 aromatic carbocycles. The predicted octanol–water partition coefficient (Wildman–Crippen LogP) is 3.24. The minimum absolute atomic E-state index is 0.307. The summed E-state index contributed by atoms with van der Waals surface area (Å²) in [6.45, 7) is 4.00. The lowest BCUT2D eigenvalue weighted by molar-refractivity contribution is 0.567. The summed E-state index contributed by atoms with van der Waals surface area (Å²) in [6, 6.07) is 4.74. The molecule has 0 radical (unpaired) electrons. The number of hydrogen-bond donors (Lipinski definition) is 0. The number of alkyl halides is 1. The molecule has 0 amide bonds. The number of pyridine rings is 1. The minimum Gasteiger partial charge on any atom is -0.276 e. The first kappa shape index (κ1) is 11.0. The molecule has 0 fully saturated rings. The standard InChI is InChI=1S/C8H6ClFN2.C2H6/c9-4-6-5-12-7(10)2-1-3-8(12)11-6;1-2/h1-3,5H,4H2;1-2H3. The van der Waals surface area contributed by atoms with Gasteiger partial charge in [-0.15, -0.1) is 11.6 Å². The fourth-order valence-corrected chi connectivity index (χ4v) is 1.22. The van der Waals surface area contributed by atoms with E-state index in [1.165, 1.54) is 10.5 Å². The van der Waals surface area contributed by atoms with Gasteiger partial charge in [-0.2, -0.15) is 4.39 Å². The normalized spacial score (nSPS) is 9.71. The van der Waals surface area contributed by atoms with Crippen molar-refractivity contribution in [3.8, 4) is 0 Å². The van der Waals surface area contributed by atoms with E-state index in [4.69, 9.17) is 11.6 Å². The van der Waals surface area contributed by atoms with Crippen LogP contribution >= 0.6 is 11.6 Å². The van der Waals surface area contributed by atoms with Crippen molar-refractivity contribution >= 4 is 17.2 Å². The third kappa shape index (κ3) is 2.04. The van der Waals surface area contributed by atoms with E-state index in [1.54, 1.807) is 18.3 Å². The summed E-state index contributed by atoms with van der Waals surface area (Å²) in [4.78, 5) is 4.08. The molecule has 0 aliphatic heterocycles. The van der Waals surface area contributed by atoms with Gasteiger partial charge in [0.15, 0.2) is 5.95 Å². The van der Waals surface area contributed by atoms with Gasteiger partial charge in [-0.1, -0.05) is 19.9 Å². The largest absolute Gasteiger partial charge is 0.276 e. The van der Waals surface area contributed by atoms with Gasteiger partial charge in [0.05, 0.1) is 11.6 Å². The van der Waals surface area contributed by atoms with Gasteiger partial charge in [0.2, 0.25) is 0 Å². The first-order valence-corrected chi connectivity index (χ1v) is 5.03. The number of nitrogens with zero attached hydrogens (tertiary/aromatic N) is 2. The highest BCUT2D eigenvalue weighted by Gasteiger charge is 2.02. The van der Waals surface area contributed by atoms with E-state index in [-0.39, 0.29) is 5.95 Å². The molecule has 2 heterocycles. The summed E-state index contributed by atoms with van der Waals surface area (Å²) in [5, 5.41) is 0. The fraction of sp³-hybridized carbons (Fsp3) is 0.300. The average Bonchev–Trinajstić information content (AvgIpc) is 2.65. The molecule has 0 saturated carbocycles. The van der Waals surface area contributed by atoms with Crippen LogP contribution in [0.3, 0.4) is 0 Å². The smallest absolute Gasteiger partial charge is 0.199 e. The zero-order chi connectivity index (χ0) is 10.6. The second-order valence-electron chi connectivity index (χ2n) is 2.44. The van der Waals surface area contributed by atoms with Crippen LogP contribution in [0.5, 0.6) is 0 Å². The molecule has 2 nitrogen and oxygen atoms in total. The number of fused-ring (bicyclic) bond motifs is 1. The third-order valence-corrected chi connectivity index (χ3v) is 1.90. The molecule has 0 aliphatic rings. The number of aromatic nitrogens is 2. The van der Waals surface area contributed by atoms with Crippen molar-refractivity contribution in [1.82, 2.24) is 9.38 Å². The van der Waals surface area contributed by atoms with E-state index >= 15 is 0 Å². The van der Waals surface area contributed by atoms with Crippen LogP contribution in [0.25, 0.3) is 5.65 Å². The van der Waals surface area contributed by atoms with Crippen molar-refractivity contribution < 1.29 is 4.39 Å². The van der Waals surface area contributed by atoms with Crippen LogP contribution in [-0.2, 0) is 5.88 Å². The van der Waals surface area contributed by atoms with Crippen LogP contribution in [-0.4, -0.2) is 9.38 Å². The maximum Gasteiger partial charge on any atom is 0.199 e. The Kier molecular flexibility index (Phi) is 3.89. The first-order valence-electron chi connectivity index (χ1n) is 4.50. The lowest BCUT2D eigenvalue weighted by Gasteiger charge is -1.91. The Labute approximate surface area is 87.3 Å². The number of halogens is 2. The maximum absolute atomic E-state index is 13.0. The SMILES string of the molecule is CC.Fc1cccc2nc(CCl)cn12. The molecule has 2 aromatic rings. The Morgan fingerprint density at radius 2 is 2.14 bits per heavy atom. The Balaban J connectivity index is 0.000000461. The van der Waals surface area contributed by atoms with Gasteiger partial charge < -0.3 is 0 Å². The van der Waals surface area contributed by atoms with Crippen LogP contribution in [0.1, 0.15) is 19.5 Å². The summed E-state index contributed by atoms with van der Waals surface area (Å²) in [6.07, 6.45) is 1.59. The molecule has 4 heteroatoms. The number of rotatable bonds is 1. The molecular formula is C10H12ClFN2. The van der Waals surface area contributed by atoms with Gasteiger partial charge in [-0.05, 0) is 12.1 Å². The Morgan fingerprint density at radius 1 is 1.43 bits per heavy atom. The van der Waals surface area contributed by atoms with Gasteiger partial charge in [-0.25, -0.2) is 4.98 Å². The van der Waals surface area contributed by atoms with Crippen LogP contribution < -0.4 is 0 Å². The van der Waals surface area contributed by atoms with E-state index in [1.807, 2.05) is 13.8 Å². The predicted molar refractivity (Wildman–Crippen MR) is 56.1 cm³/mol. The molecular weight excluding hydrogens is 203 g/mol. The van der Waals surface area contributed by atoms with Gasteiger partial charge in [0.1, 0.15) is 5.65 Å². The van der Waals surface area contributed by atoms with E-state index in [2.05, 4.69) is 4.98 Å². The second-order valence-corrected chi connectivity index (χ2v) is 2.71. The number of imidazole rings is 1. The van der Waals surface area contributed by atoms with Gasteiger partial charge in [-0.3, -0.25) is 4.40 Å². The van der Waals surface area contributed by atoms with Gasteiger partial charge in [0, 0.05) is 6.20 Å². The Hall–Kier alpha value is -1.09. The molecule has 0 spiro atoms. The highest BCUT2D eigenvalue weighted by atomic mass is 35.5. The monoisotopic (exact) mass is 214 g/mol. The first-order chi connectivity index (χ1) is 6.81. The highest BCUT2D eigenvalue weighted by molar-refractivity contribution is 6.16. The molecule has 76 valence electrons. The summed E-state index contributed by atoms with van der Waals surface area (Å²) in [5.41, 5.74) is 1.27. The van der Waals surface area contributed by atoms with Crippen molar-refractivity contribution in [3.05, 3.63) is 36.0 Å². The fourth-order valence-electron chi connectivity index (χ4n) is 1.09. The molecule has 0 bridgehead atoms. The average molecular weight is 215 g/mol. The van der Waals surface area contributed by atoms with E-state index in [0.29, 0.717) is 17.2 Å². The summed E-state index contributed by atoms with van der Waals surface area (Å²) < 4.78 is 14.4. The Morgan fingerprint density at radius 3 is 2.71 bits per heavy atom. The van der Waals surface area contributed by atoms with Crippen molar-refractivity contribution in [2.45, 2.75) is 19.7 Å². The minimum atomic E-state index is -0.323. The third-order valence-electron chi connectivity index (χ3n) is 1.63. The quantitative estimate of drug-likeness (QED) is 0.526. The maximum atomic E-state index is 13.0. The van der Waals surface area contributed by atoms with Crippen molar-refractivity contribution in [3.63, 3.8) is 0 Å².